The first-order valence-corrected chi connectivity index (χ1v) is 24.9. The Labute approximate surface area is 399 Å². The molecule has 1 unspecified atom stereocenters. The van der Waals surface area contributed by atoms with Crippen LogP contribution in [0.1, 0.15) is 131 Å². The summed E-state index contributed by atoms with van der Waals surface area (Å²) in [5.74, 6) is -5.25. The first-order valence-electron chi connectivity index (χ1n) is 24.5. The molecule has 362 valence electrons. The molecule has 14 heteroatoms. The number of ether oxygens (including phenoxy) is 1. The van der Waals surface area contributed by atoms with Crippen LogP contribution in [0.4, 0.5) is 8.78 Å². The molecule has 4 fully saturated rings. The van der Waals surface area contributed by atoms with Crippen LogP contribution in [0.25, 0.3) is 0 Å². The second-order valence-electron chi connectivity index (χ2n) is 19.5. The fraction of sp³-hybridized carbons (Fsp3) is 0.566. The maximum atomic E-state index is 15.4. The second-order valence-corrected chi connectivity index (χ2v) is 19.9. The van der Waals surface area contributed by atoms with Crippen LogP contribution in [0.5, 0.6) is 0 Å². The van der Waals surface area contributed by atoms with Crippen LogP contribution >= 0.6 is 11.6 Å². The topological polar surface area (TPSA) is 128 Å². The van der Waals surface area contributed by atoms with Crippen molar-refractivity contribution in [2.45, 2.75) is 151 Å². The highest BCUT2D eigenvalue weighted by molar-refractivity contribution is 6.31. The number of nitrogens with one attached hydrogen (secondary N) is 2. The molecule has 67 heavy (non-hydrogen) atoms. The number of piperidine rings is 1. The number of hydrogen-bond donors (Lipinski definition) is 2. The summed E-state index contributed by atoms with van der Waals surface area (Å²) >= 11 is 6.99. The molecule has 4 aliphatic rings. The molecule has 0 bridgehead atoms. The highest BCUT2D eigenvalue weighted by atomic mass is 35.5. The van der Waals surface area contributed by atoms with Crippen LogP contribution in [0, 0.1) is 12.8 Å². The summed E-state index contributed by atoms with van der Waals surface area (Å²) in [5, 5.41) is 6.54. The van der Waals surface area contributed by atoms with E-state index in [1.54, 1.807) is 25.1 Å². The Kier molecular flexibility index (Phi) is 16.4. The van der Waals surface area contributed by atoms with E-state index in [4.69, 9.17) is 16.3 Å². The third-order valence-corrected chi connectivity index (χ3v) is 15.2. The van der Waals surface area contributed by atoms with Gasteiger partial charge in [-0.3, -0.25) is 24.0 Å². The van der Waals surface area contributed by atoms with Gasteiger partial charge in [-0.2, -0.15) is 0 Å². The molecule has 0 spiro atoms. The molecule has 3 saturated carbocycles. The van der Waals surface area contributed by atoms with Gasteiger partial charge < -0.3 is 30.1 Å². The maximum absolute atomic E-state index is 15.4. The van der Waals surface area contributed by atoms with Gasteiger partial charge in [-0.25, -0.2) is 8.78 Å². The van der Waals surface area contributed by atoms with Gasteiger partial charge in [0.05, 0.1) is 13.0 Å². The third-order valence-electron chi connectivity index (χ3n) is 14.9. The fourth-order valence-corrected chi connectivity index (χ4v) is 11.3. The number of rotatable bonds is 16. The lowest BCUT2D eigenvalue weighted by atomic mass is 9.79. The van der Waals surface area contributed by atoms with Crippen molar-refractivity contribution in [1.29, 1.82) is 0 Å². The predicted octanol–water partition coefficient (Wildman–Crippen LogP) is 8.72. The number of likely N-dealkylation sites (tertiary alicyclic amines) is 1. The lowest BCUT2D eigenvalue weighted by Crippen LogP contribution is -2.64. The average Bonchev–Trinajstić information content (AvgIpc) is 3.82. The van der Waals surface area contributed by atoms with Crippen molar-refractivity contribution in [2.75, 3.05) is 33.7 Å². The number of likely N-dealkylation sites (N-methyl/N-ethyl adjacent to an activating group) is 2. The van der Waals surface area contributed by atoms with Crippen LogP contribution in [0.3, 0.4) is 0 Å². The number of hydrogen-bond acceptors (Lipinski definition) is 7. The Morgan fingerprint density at radius 3 is 2.00 bits per heavy atom. The summed E-state index contributed by atoms with van der Waals surface area (Å²) in [4.78, 5) is 78.4. The molecule has 3 aromatic carbocycles. The lowest BCUT2D eigenvalue weighted by molar-refractivity contribution is -0.161. The number of halogens is 3. The summed E-state index contributed by atoms with van der Waals surface area (Å²) in [5.41, 5.74) is 0.0231. The number of amides is 4. The molecular formula is C53H68ClF2N5O6. The summed E-state index contributed by atoms with van der Waals surface area (Å²) in [6, 6.07) is 21.8. The van der Waals surface area contributed by atoms with Crippen LogP contribution in [-0.2, 0) is 34.3 Å². The number of carbonyl (C=O) groups is 5. The van der Waals surface area contributed by atoms with Crippen molar-refractivity contribution >= 4 is 41.2 Å². The van der Waals surface area contributed by atoms with E-state index in [-0.39, 0.29) is 56.0 Å². The highest BCUT2D eigenvalue weighted by Crippen LogP contribution is 2.44. The number of nitrogens with zero attached hydrogens (tertiary/aromatic N) is 3. The number of alkyl halides is 2. The van der Waals surface area contributed by atoms with Crippen molar-refractivity contribution in [2.24, 2.45) is 5.92 Å². The molecule has 3 aromatic rings. The van der Waals surface area contributed by atoms with Crippen LogP contribution < -0.4 is 10.6 Å². The van der Waals surface area contributed by atoms with Crippen LogP contribution in [0.15, 0.2) is 78.9 Å². The molecule has 11 nitrogen and oxygen atoms in total. The molecule has 3 atom stereocenters. The van der Waals surface area contributed by atoms with Crippen molar-refractivity contribution in [3.8, 4) is 0 Å². The molecule has 1 heterocycles. The Hall–Kier alpha value is -4.88. The highest BCUT2D eigenvalue weighted by Gasteiger charge is 2.50. The zero-order valence-electron chi connectivity index (χ0n) is 39.4. The molecule has 0 radical (unpaired) electrons. The van der Waals surface area contributed by atoms with Gasteiger partial charge in [0.1, 0.15) is 17.6 Å². The van der Waals surface area contributed by atoms with E-state index in [1.807, 2.05) is 79.7 Å². The third kappa shape index (κ3) is 11.5. The zero-order chi connectivity index (χ0) is 47.8. The minimum absolute atomic E-state index is 0.120. The number of carbonyl (C=O) groups excluding carboxylic acids is 5. The van der Waals surface area contributed by atoms with E-state index < -0.39 is 53.4 Å². The van der Waals surface area contributed by atoms with Gasteiger partial charge in [0, 0.05) is 67.8 Å². The van der Waals surface area contributed by atoms with E-state index >= 15 is 9.59 Å². The first kappa shape index (κ1) is 50.0. The molecule has 2 N–H and O–H groups in total. The van der Waals surface area contributed by atoms with E-state index in [1.165, 1.54) is 9.80 Å². The van der Waals surface area contributed by atoms with Crippen LogP contribution in [0.2, 0.25) is 5.02 Å². The normalized spacial score (nSPS) is 20.5. The summed E-state index contributed by atoms with van der Waals surface area (Å²) < 4.78 is 34.4. The Bertz CT molecular complexity index is 2180. The Morgan fingerprint density at radius 2 is 1.36 bits per heavy atom. The first-order chi connectivity index (χ1) is 32.1. The van der Waals surface area contributed by atoms with Crippen molar-refractivity contribution in [3.05, 3.63) is 106 Å². The van der Waals surface area contributed by atoms with Crippen molar-refractivity contribution < 1.29 is 37.5 Å². The van der Waals surface area contributed by atoms with Gasteiger partial charge in [0.2, 0.25) is 29.6 Å². The number of aryl methyl sites for hydroxylation is 1. The quantitative estimate of drug-likeness (QED) is 0.109. The smallest absolute Gasteiger partial charge is 0.310 e. The Balaban J connectivity index is 1.19. The fourth-order valence-electron chi connectivity index (χ4n) is 11.1. The van der Waals surface area contributed by atoms with Gasteiger partial charge in [-0.15, -0.1) is 0 Å². The van der Waals surface area contributed by atoms with E-state index in [0.29, 0.717) is 73.3 Å². The maximum Gasteiger partial charge on any atom is 0.310 e. The molecule has 1 saturated heterocycles. The van der Waals surface area contributed by atoms with Gasteiger partial charge >= 0.3 is 5.97 Å². The molecular weight excluding hydrogens is 876 g/mol. The lowest BCUT2D eigenvalue weighted by Gasteiger charge is -2.43. The average molecular weight is 945 g/mol. The minimum Gasteiger partial charge on any atom is -0.444 e. The van der Waals surface area contributed by atoms with Gasteiger partial charge in [-0.1, -0.05) is 122 Å². The van der Waals surface area contributed by atoms with Crippen molar-refractivity contribution in [1.82, 2.24) is 25.3 Å². The number of esters is 1. The summed E-state index contributed by atoms with van der Waals surface area (Å²) in [6.07, 6.45) is 8.38. The van der Waals surface area contributed by atoms with E-state index in [2.05, 4.69) is 10.6 Å². The molecule has 7 rings (SSSR count). The molecule has 0 aromatic heterocycles. The standard InChI is InChI=1S/C53H68ClF2N5O6/c1-37-23-25-40(26-24-37)53(39-19-9-5-10-20-39,42-21-11-12-22-43(42)54)67-46(63)35-44(48(64)61-33-15-6-16-34-61)59(2)49(65)47(38-17-7-4-8-18-38)60(3)50(66)51(29-13-14-30-51)58-45(62)36-57-41-27-31-52(55,56)32-28-41/h5,9-12,19-26,38,41,44,47,57H,4,6-8,13-18,27-36H2,1-3H3,(H,58,62)/t44-,47-,53?/m0/s1. The molecule has 1 aliphatic heterocycles. The monoisotopic (exact) mass is 943 g/mol. The van der Waals surface area contributed by atoms with Crippen molar-refractivity contribution in [3.63, 3.8) is 0 Å². The predicted molar refractivity (Wildman–Crippen MR) is 254 cm³/mol. The SMILES string of the molecule is Cc1ccc(C(OC(=O)C[C@@H](C(=O)N2CCCCC2)N(C)C(=O)[C@H](C2CCCCC2)N(C)C(=O)C2(NC(=O)CNC3CCC(F)(F)CC3)CCCC2)(c2ccccc2)c2ccccc2Cl)cc1. The van der Waals surface area contributed by atoms with Gasteiger partial charge in [0.15, 0.2) is 5.60 Å². The van der Waals surface area contributed by atoms with Crippen LogP contribution in [-0.4, -0.2) is 108 Å². The Morgan fingerprint density at radius 1 is 0.761 bits per heavy atom. The van der Waals surface area contributed by atoms with Gasteiger partial charge in [0.25, 0.3) is 0 Å². The zero-order valence-corrected chi connectivity index (χ0v) is 40.1. The molecule has 3 aliphatic carbocycles. The van der Waals surface area contributed by atoms with Gasteiger partial charge in [-0.05, 0) is 76.7 Å². The van der Waals surface area contributed by atoms with E-state index in [9.17, 15) is 23.2 Å². The summed E-state index contributed by atoms with van der Waals surface area (Å²) in [6.45, 7) is 2.82. The second kappa shape index (κ2) is 22.0. The number of benzene rings is 3. The largest absolute Gasteiger partial charge is 0.444 e. The summed E-state index contributed by atoms with van der Waals surface area (Å²) in [7, 11) is 3.17. The van der Waals surface area contributed by atoms with E-state index in [0.717, 1.165) is 44.1 Å². The molecule has 4 amide bonds. The minimum atomic E-state index is -2.69.